The fourth-order valence-electron chi connectivity index (χ4n) is 3.21. The van der Waals surface area contributed by atoms with E-state index in [1.54, 1.807) is 7.05 Å². The Morgan fingerprint density at radius 3 is 2.53 bits per heavy atom. The summed E-state index contributed by atoms with van der Waals surface area (Å²) in [4.78, 5) is 8.66. The molecule has 0 spiro atoms. The summed E-state index contributed by atoms with van der Waals surface area (Å²) < 4.78 is 7.34. The molecule has 8 heteroatoms. The fraction of sp³-hybridized carbons (Fsp3) is 0.455. The molecule has 3 rings (SSSR count). The van der Waals surface area contributed by atoms with Gasteiger partial charge < -0.3 is 15.2 Å². The van der Waals surface area contributed by atoms with Crippen LogP contribution >= 0.6 is 0 Å². The van der Waals surface area contributed by atoms with Crippen LogP contribution in [0.5, 0.6) is 0 Å². The van der Waals surface area contributed by atoms with Gasteiger partial charge in [0.1, 0.15) is 0 Å². The van der Waals surface area contributed by atoms with E-state index in [1.165, 1.54) is 11.3 Å². The lowest BCUT2D eigenvalue weighted by molar-refractivity contribution is 0.423. The molecule has 0 atom stereocenters. The van der Waals surface area contributed by atoms with Crippen molar-refractivity contribution in [2.75, 3.05) is 20.1 Å². The summed E-state index contributed by atoms with van der Waals surface area (Å²) in [7, 11) is 1.79. The summed E-state index contributed by atoms with van der Waals surface area (Å²) in [5, 5.41) is 15.2. The second-order valence-corrected chi connectivity index (χ2v) is 7.25. The lowest BCUT2D eigenvalue weighted by atomic mass is 10.1. The number of aromatic nitrogens is 4. The van der Waals surface area contributed by atoms with Crippen LogP contribution in [0.2, 0.25) is 0 Å². The minimum Gasteiger partial charge on any atom is -0.356 e. The average molecular weight is 410 g/mol. The van der Waals surface area contributed by atoms with E-state index in [0.29, 0.717) is 5.89 Å². The number of nitrogens with one attached hydrogen (secondary N) is 2. The molecule has 8 nitrogen and oxygen atoms in total. The highest BCUT2D eigenvalue weighted by Gasteiger charge is 2.07. The monoisotopic (exact) mass is 409 g/mol. The number of hydrogen-bond acceptors (Lipinski definition) is 5. The zero-order chi connectivity index (χ0) is 21.3. The maximum Gasteiger partial charge on any atom is 0.257 e. The maximum atomic E-state index is 5.29. The van der Waals surface area contributed by atoms with E-state index in [-0.39, 0.29) is 0 Å². The van der Waals surface area contributed by atoms with Crippen LogP contribution in [0, 0.1) is 13.8 Å². The van der Waals surface area contributed by atoms with Crippen molar-refractivity contribution in [3.05, 3.63) is 53.1 Å². The van der Waals surface area contributed by atoms with E-state index >= 15 is 0 Å². The first-order valence-electron chi connectivity index (χ1n) is 10.5. The van der Waals surface area contributed by atoms with Crippen molar-refractivity contribution < 1.29 is 4.52 Å². The van der Waals surface area contributed by atoms with Gasteiger partial charge in [0.2, 0.25) is 0 Å². The third-order valence-corrected chi connectivity index (χ3v) is 4.86. The van der Waals surface area contributed by atoms with Crippen LogP contribution in [0.25, 0.3) is 11.5 Å². The molecule has 0 aliphatic heterocycles. The zero-order valence-corrected chi connectivity index (χ0v) is 18.3. The number of hydrogen-bond donors (Lipinski definition) is 2. The highest BCUT2D eigenvalue weighted by atomic mass is 16.5. The van der Waals surface area contributed by atoms with Crippen molar-refractivity contribution in [1.29, 1.82) is 0 Å². The van der Waals surface area contributed by atoms with Crippen LogP contribution in [0.4, 0.5) is 0 Å². The summed E-state index contributed by atoms with van der Waals surface area (Å²) in [6.45, 7) is 8.66. The SMILES string of the molecule is CCc1noc(-c2ccc(CCNC(=NC)NCCCn3nc(C)cc3C)cc2)n1. The number of aliphatic imine (C=N–C) groups is 1. The molecule has 0 fully saturated rings. The van der Waals surface area contributed by atoms with Gasteiger partial charge in [0.25, 0.3) is 5.89 Å². The molecule has 0 aliphatic rings. The predicted molar refractivity (Wildman–Crippen MR) is 118 cm³/mol. The first-order valence-corrected chi connectivity index (χ1v) is 10.5. The average Bonchev–Trinajstić information content (AvgIpc) is 3.36. The van der Waals surface area contributed by atoms with Crippen molar-refractivity contribution in [2.45, 2.75) is 46.6 Å². The van der Waals surface area contributed by atoms with Crippen LogP contribution in [0.1, 0.15) is 36.1 Å². The third-order valence-electron chi connectivity index (χ3n) is 4.86. The van der Waals surface area contributed by atoms with E-state index in [0.717, 1.165) is 61.9 Å². The Morgan fingerprint density at radius 2 is 1.90 bits per heavy atom. The van der Waals surface area contributed by atoms with Gasteiger partial charge in [-0.05, 0) is 50.5 Å². The van der Waals surface area contributed by atoms with Crippen molar-refractivity contribution in [3.63, 3.8) is 0 Å². The Bertz CT molecular complexity index is 956. The largest absolute Gasteiger partial charge is 0.356 e. The second-order valence-electron chi connectivity index (χ2n) is 7.25. The number of rotatable bonds is 9. The molecular formula is C22H31N7O. The smallest absolute Gasteiger partial charge is 0.257 e. The lowest BCUT2D eigenvalue weighted by Gasteiger charge is -2.12. The Morgan fingerprint density at radius 1 is 1.13 bits per heavy atom. The van der Waals surface area contributed by atoms with Gasteiger partial charge in [-0.25, -0.2) is 0 Å². The molecule has 0 amide bonds. The van der Waals surface area contributed by atoms with E-state index in [2.05, 4.69) is 56.0 Å². The molecule has 0 saturated carbocycles. The Hall–Kier alpha value is -3.16. The van der Waals surface area contributed by atoms with Crippen molar-refractivity contribution in [2.24, 2.45) is 4.99 Å². The molecule has 2 N–H and O–H groups in total. The molecule has 0 unspecified atom stereocenters. The molecule has 160 valence electrons. The molecule has 0 radical (unpaired) electrons. The van der Waals surface area contributed by atoms with Gasteiger partial charge in [0.05, 0.1) is 5.69 Å². The first-order chi connectivity index (χ1) is 14.6. The van der Waals surface area contributed by atoms with Gasteiger partial charge >= 0.3 is 0 Å². The minimum atomic E-state index is 0.571. The number of guanidine groups is 1. The summed E-state index contributed by atoms with van der Waals surface area (Å²) in [5.74, 6) is 2.12. The number of nitrogens with zero attached hydrogens (tertiary/aromatic N) is 5. The molecule has 30 heavy (non-hydrogen) atoms. The van der Waals surface area contributed by atoms with Crippen molar-refractivity contribution >= 4 is 5.96 Å². The van der Waals surface area contributed by atoms with Gasteiger partial charge in [-0.3, -0.25) is 9.67 Å². The van der Waals surface area contributed by atoms with Crippen molar-refractivity contribution in [3.8, 4) is 11.5 Å². The molecule has 0 saturated heterocycles. The second kappa shape index (κ2) is 10.6. The molecule has 1 aromatic carbocycles. The normalized spacial score (nSPS) is 11.7. The first kappa shape index (κ1) is 21.5. The highest BCUT2D eigenvalue weighted by molar-refractivity contribution is 5.79. The van der Waals surface area contributed by atoms with E-state index < -0.39 is 0 Å². The topological polar surface area (TPSA) is 93.2 Å². The van der Waals surface area contributed by atoms with Crippen LogP contribution in [-0.2, 0) is 19.4 Å². The Kier molecular flexibility index (Phi) is 7.59. The van der Waals surface area contributed by atoms with Crippen LogP contribution in [-0.4, -0.2) is 46.0 Å². The lowest BCUT2D eigenvalue weighted by Crippen LogP contribution is -2.39. The van der Waals surface area contributed by atoms with Crippen molar-refractivity contribution in [1.82, 2.24) is 30.6 Å². The van der Waals surface area contributed by atoms with Gasteiger partial charge in [-0.1, -0.05) is 24.2 Å². The third kappa shape index (κ3) is 5.92. The van der Waals surface area contributed by atoms with Crippen LogP contribution in [0.3, 0.4) is 0 Å². The molecule has 2 aromatic heterocycles. The van der Waals surface area contributed by atoms with E-state index in [1.807, 2.05) is 30.7 Å². The summed E-state index contributed by atoms with van der Waals surface area (Å²) in [6.07, 6.45) is 2.65. The molecular weight excluding hydrogens is 378 g/mol. The predicted octanol–water partition coefficient (Wildman–Crippen LogP) is 2.91. The molecule has 0 bridgehead atoms. The molecule has 0 aliphatic carbocycles. The van der Waals surface area contributed by atoms with Crippen LogP contribution < -0.4 is 10.6 Å². The van der Waals surface area contributed by atoms with Gasteiger partial charge in [-0.2, -0.15) is 10.1 Å². The summed E-state index contributed by atoms with van der Waals surface area (Å²) in [5.41, 5.74) is 4.44. The van der Waals surface area contributed by atoms with Gasteiger partial charge in [0.15, 0.2) is 11.8 Å². The standard InChI is InChI=1S/C22H31N7O/c1-5-20-26-21(30-28-20)19-9-7-18(8-10-19)11-13-25-22(23-4)24-12-6-14-29-17(3)15-16(2)27-29/h7-10,15H,5-6,11-14H2,1-4H3,(H2,23,24,25). The quantitative estimate of drug-likeness (QED) is 0.321. The van der Waals surface area contributed by atoms with Gasteiger partial charge in [-0.15, -0.1) is 0 Å². The fourth-order valence-corrected chi connectivity index (χ4v) is 3.21. The number of aryl methyl sites for hydroxylation is 4. The molecule has 3 aromatic rings. The Balaban J connectivity index is 1.38. The zero-order valence-electron chi connectivity index (χ0n) is 18.3. The number of benzene rings is 1. The van der Waals surface area contributed by atoms with Gasteiger partial charge in [0, 0.05) is 44.4 Å². The summed E-state index contributed by atoms with van der Waals surface area (Å²) in [6, 6.07) is 10.3. The summed E-state index contributed by atoms with van der Waals surface area (Å²) >= 11 is 0. The minimum absolute atomic E-state index is 0.571. The maximum absolute atomic E-state index is 5.29. The highest BCUT2D eigenvalue weighted by Crippen LogP contribution is 2.18. The molecule has 2 heterocycles. The van der Waals surface area contributed by atoms with E-state index in [9.17, 15) is 0 Å². The Labute approximate surface area is 177 Å². The van der Waals surface area contributed by atoms with E-state index in [4.69, 9.17) is 4.52 Å². The van der Waals surface area contributed by atoms with Crippen LogP contribution in [0.15, 0.2) is 39.8 Å².